The van der Waals surface area contributed by atoms with Crippen LogP contribution in [0.25, 0.3) is 6.08 Å². The van der Waals surface area contributed by atoms with Gasteiger partial charge in [0.15, 0.2) is 0 Å². The molecule has 3 fully saturated rings. The summed E-state index contributed by atoms with van der Waals surface area (Å²) in [6.07, 6.45) is 0.586. The van der Waals surface area contributed by atoms with E-state index in [1.165, 1.54) is 11.3 Å². The highest BCUT2D eigenvalue weighted by molar-refractivity contribution is 7.87. The Morgan fingerprint density at radius 2 is 1.77 bits per heavy atom. The number of esters is 1. The molecule has 1 aromatic heterocycles. The normalized spacial score (nSPS) is 35.6. The van der Waals surface area contributed by atoms with E-state index < -0.39 is 52.2 Å². The lowest BCUT2D eigenvalue weighted by atomic mass is 9.73. The van der Waals surface area contributed by atoms with Crippen LogP contribution in [0.3, 0.4) is 0 Å². The number of hydrogen-bond donors (Lipinski definition) is 2. The highest BCUT2D eigenvalue weighted by Crippen LogP contribution is 2.42. The van der Waals surface area contributed by atoms with Crippen LogP contribution in [0.2, 0.25) is 0 Å². The number of aliphatic hydroxyl groups is 2. The third-order valence-corrected chi connectivity index (χ3v) is 12.7. The predicted molar refractivity (Wildman–Crippen MR) is 170 cm³/mol. The second-order valence-corrected chi connectivity index (χ2v) is 16.5. The van der Waals surface area contributed by atoms with Crippen molar-refractivity contribution in [2.24, 2.45) is 17.3 Å². The zero-order valence-corrected chi connectivity index (χ0v) is 28.7. The summed E-state index contributed by atoms with van der Waals surface area (Å²) in [5.74, 6) is -1.95. The van der Waals surface area contributed by atoms with Gasteiger partial charge in [0.25, 0.3) is 10.2 Å². The number of fused-ring (bicyclic) bond motifs is 1. The van der Waals surface area contributed by atoms with Gasteiger partial charge in [0.05, 0.1) is 34.7 Å². The number of aryl methyl sites for hydroxylation is 1. The Kier molecular flexibility index (Phi) is 11.1. The van der Waals surface area contributed by atoms with Gasteiger partial charge in [0.2, 0.25) is 0 Å². The van der Waals surface area contributed by atoms with Crippen molar-refractivity contribution in [3.63, 3.8) is 0 Å². The van der Waals surface area contributed by atoms with E-state index in [9.17, 15) is 28.2 Å². The fourth-order valence-electron chi connectivity index (χ4n) is 6.54. The molecule has 0 spiro atoms. The number of ether oxygens (including phenoxy) is 1. The van der Waals surface area contributed by atoms with Crippen molar-refractivity contribution in [1.29, 1.82) is 0 Å². The van der Waals surface area contributed by atoms with Crippen LogP contribution in [-0.2, 0) is 24.5 Å². The summed E-state index contributed by atoms with van der Waals surface area (Å²) in [6.45, 7) is 12.6. The molecule has 1 aromatic rings. The van der Waals surface area contributed by atoms with Crippen LogP contribution in [0.1, 0.15) is 77.4 Å². The third kappa shape index (κ3) is 7.79. The Bertz CT molecular complexity index is 1320. The molecule has 8 atom stereocenters. The van der Waals surface area contributed by atoms with Gasteiger partial charge in [0, 0.05) is 56.0 Å². The van der Waals surface area contributed by atoms with E-state index in [1.807, 2.05) is 39.3 Å². The Hall–Kier alpha value is -1.74. The number of likely N-dealkylation sites (N-methyl/N-ethyl adjacent to an activating group) is 1. The van der Waals surface area contributed by atoms with Crippen molar-refractivity contribution in [3.8, 4) is 0 Å². The maximum Gasteiger partial charge on any atom is 0.309 e. The van der Waals surface area contributed by atoms with Gasteiger partial charge in [-0.1, -0.05) is 34.1 Å². The predicted octanol–water partition coefficient (Wildman–Crippen LogP) is 2.87. The van der Waals surface area contributed by atoms with Crippen molar-refractivity contribution in [1.82, 2.24) is 18.5 Å². The number of hydrogen-bond acceptors (Lipinski definition) is 10. The molecular formula is C31H50N4O7S2. The number of piperazine rings is 1. The summed E-state index contributed by atoms with van der Waals surface area (Å²) in [6, 6.07) is -0.635. The van der Waals surface area contributed by atoms with Gasteiger partial charge in [-0.3, -0.25) is 9.59 Å². The summed E-state index contributed by atoms with van der Waals surface area (Å²) < 4.78 is 36.9. The quantitative estimate of drug-likeness (QED) is 0.371. The van der Waals surface area contributed by atoms with Crippen LogP contribution in [0, 0.1) is 24.2 Å². The zero-order valence-electron chi connectivity index (χ0n) is 27.1. The maximum absolute atomic E-state index is 13.9. The van der Waals surface area contributed by atoms with E-state index in [0.29, 0.717) is 45.4 Å². The second-order valence-electron chi connectivity index (χ2n) is 13.6. The van der Waals surface area contributed by atoms with Crippen molar-refractivity contribution < 1.29 is 33.0 Å². The Morgan fingerprint density at radius 1 is 1.11 bits per heavy atom. The average Bonchev–Trinajstić information content (AvgIpc) is 3.50. The number of thiazole rings is 1. The SMILES string of the molecule is C/C(=C\c1csc(C)n1)C1CC2C(CCCC(C)C(O)C(C)C(=O)C(C)(C)C(O)CC(=O)O1)N2S(=O)(=O)N1CCN(C)CC1. The topological polar surface area (TPSA) is 140 Å². The summed E-state index contributed by atoms with van der Waals surface area (Å²) in [4.78, 5) is 33.3. The Balaban J connectivity index is 1.66. The molecule has 0 aromatic carbocycles. The first-order chi connectivity index (χ1) is 20.5. The van der Waals surface area contributed by atoms with Crippen molar-refractivity contribution in [2.45, 2.75) is 104 Å². The fourth-order valence-corrected chi connectivity index (χ4v) is 9.11. The zero-order chi connectivity index (χ0) is 32.6. The van der Waals surface area contributed by atoms with Gasteiger partial charge in [-0.15, -0.1) is 11.3 Å². The molecule has 11 nitrogen and oxygen atoms in total. The van der Waals surface area contributed by atoms with E-state index >= 15 is 0 Å². The molecule has 0 saturated carbocycles. The molecule has 0 radical (unpaired) electrons. The summed E-state index contributed by atoms with van der Waals surface area (Å²) in [7, 11) is -1.77. The summed E-state index contributed by atoms with van der Waals surface area (Å²) >= 11 is 1.51. The molecular weight excluding hydrogens is 604 g/mol. The number of carbonyl (C=O) groups excluding carboxylic acids is 2. The summed E-state index contributed by atoms with van der Waals surface area (Å²) in [5.41, 5.74) is 0.169. The van der Waals surface area contributed by atoms with Crippen molar-refractivity contribution in [3.05, 3.63) is 21.7 Å². The lowest BCUT2D eigenvalue weighted by molar-refractivity contribution is -0.154. The number of rotatable bonds is 4. The molecule has 44 heavy (non-hydrogen) atoms. The van der Waals surface area contributed by atoms with Crippen molar-refractivity contribution >= 4 is 39.4 Å². The summed E-state index contributed by atoms with van der Waals surface area (Å²) in [5, 5.41) is 24.9. The molecule has 8 unspecified atom stereocenters. The van der Waals surface area contributed by atoms with Gasteiger partial charge < -0.3 is 19.8 Å². The first-order valence-corrected chi connectivity index (χ1v) is 18.0. The number of aliphatic hydroxyl groups excluding tert-OH is 2. The van der Waals surface area contributed by atoms with Gasteiger partial charge in [0.1, 0.15) is 11.9 Å². The monoisotopic (exact) mass is 654 g/mol. The fraction of sp³-hybridized carbons (Fsp3) is 0.774. The maximum atomic E-state index is 13.9. The van der Waals surface area contributed by atoms with Gasteiger partial charge in [-0.05, 0) is 51.3 Å². The van der Waals surface area contributed by atoms with Gasteiger partial charge in [-0.25, -0.2) is 4.98 Å². The molecule has 2 N–H and O–H groups in total. The molecule has 0 aliphatic carbocycles. The Labute approximate surface area is 266 Å². The number of cyclic esters (lactones) is 1. The lowest BCUT2D eigenvalue weighted by Gasteiger charge is -2.34. The van der Waals surface area contributed by atoms with E-state index in [1.54, 1.807) is 29.4 Å². The molecule has 4 heterocycles. The van der Waals surface area contributed by atoms with Crippen LogP contribution >= 0.6 is 11.3 Å². The lowest BCUT2D eigenvalue weighted by Crippen LogP contribution is -2.49. The molecule has 0 bridgehead atoms. The molecule has 3 aliphatic rings. The second kappa shape index (κ2) is 13.9. The standard InChI is InChI=1S/C31H50N4O7S2/c1-19-9-8-10-24-25(35(24)44(40,41)34-13-11-33(7)12-14-34)16-26(20(2)15-23-18-43-22(4)32-23)42-28(37)17-27(36)31(5,6)30(39)21(3)29(19)38/h15,18-19,21,24-27,29,36,38H,8-14,16-17H2,1-7H3/b20-15+. The number of ketones is 1. The first-order valence-electron chi connectivity index (χ1n) is 15.7. The van der Waals surface area contributed by atoms with Crippen LogP contribution in [0.15, 0.2) is 11.0 Å². The van der Waals surface area contributed by atoms with Crippen LogP contribution in [0.4, 0.5) is 0 Å². The smallest absolute Gasteiger partial charge is 0.309 e. The molecule has 4 rings (SSSR count). The molecule has 13 heteroatoms. The first kappa shape index (κ1) is 35.1. The minimum atomic E-state index is -3.74. The minimum absolute atomic E-state index is 0.209. The van der Waals surface area contributed by atoms with Crippen LogP contribution < -0.4 is 0 Å². The number of carbonyl (C=O) groups is 2. The Morgan fingerprint density at radius 3 is 2.39 bits per heavy atom. The van der Waals surface area contributed by atoms with E-state index in [4.69, 9.17) is 4.74 Å². The van der Waals surface area contributed by atoms with Gasteiger partial charge in [-0.2, -0.15) is 17.0 Å². The average molecular weight is 655 g/mol. The molecule has 248 valence electrons. The largest absolute Gasteiger partial charge is 0.458 e. The van der Waals surface area contributed by atoms with Gasteiger partial charge >= 0.3 is 5.97 Å². The van der Waals surface area contributed by atoms with Crippen LogP contribution in [0.5, 0.6) is 0 Å². The van der Waals surface area contributed by atoms with Crippen LogP contribution in [-0.4, -0.2) is 113 Å². The number of aromatic nitrogens is 1. The molecule has 0 amide bonds. The van der Waals surface area contributed by atoms with E-state index in [-0.39, 0.29) is 30.2 Å². The van der Waals surface area contributed by atoms with Crippen molar-refractivity contribution in [2.75, 3.05) is 33.2 Å². The highest BCUT2D eigenvalue weighted by Gasteiger charge is 2.57. The molecule has 3 saturated heterocycles. The number of Topliss-reactive ketones (excluding diaryl/α,β-unsaturated/α-hetero) is 1. The number of nitrogens with zero attached hydrogens (tertiary/aromatic N) is 4. The molecule has 3 aliphatic heterocycles. The highest BCUT2D eigenvalue weighted by atomic mass is 32.2. The minimum Gasteiger partial charge on any atom is -0.458 e. The van der Waals surface area contributed by atoms with E-state index in [0.717, 1.165) is 16.3 Å². The third-order valence-electron chi connectivity index (χ3n) is 9.81. The van der Waals surface area contributed by atoms with E-state index in [2.05, 4.69) is 9.88 Å².